The Bertz CT molecular complexity index is 1410. The van der Waals surface area contributed by atoms with E-state index in [-0.39, 0.29) is 18.9 Å². The molecule has 34 heavy (non-hydrogen) atoms. The molecule has 0 saturated heterocycles. The lowest BCUT2D eigenvalue weighted by molar-refractivity contribution is -0.139. The quantitative estimate of drug-likeness (QED) is 0.419. The number of alkyl carbamates (subject to hydrolysis) is 1. The standard InChI is InChI=1S/C27H21NO6/c29-25-14-16(17-7-5-6-12-24(17)34-25)13-23(26(30)31)28-27(32)33-15-22-20-10-3-1-8-18(20)19-9-2-4-11-21(19)22/h1-12,14,22-23H,13,15H2,(H,28,32)(H,30,31)/t23-/m0/s1. The summed E-state index contributed by atoms with van der Waals surface area (Å²) in [6.45, 7) is 0.0735. The fourth-order valence-electron chi connectivity index (χ4n) is 4.55. The highest BCUT2D eigenvalue weighted by molar-refractivity contribution is 5.84. The Balaban J connectivity index is 1.31. The van der Waals surface area contributed by atoms with Crippen LogP contribution in [-0.2, 0) is 16.0 Å². The van der Waals surface area contributed by atoms with E-state index in [0.29, 0.717) is 16.5 Å². The molecule has 7 nitrogen and oxygen atoms in total. The van der Waals surface area contributed by atoms with E-state index in [0.717, 1.165) is 22.3 Å². The van der Waals surface area contributed by atoms with E-state index in [1.54, 1.807) is 24.3 Å². The minimum Gasteiger partial charge on any atom is -0.480 e. The zero-order valence-corrected chi connectivity index (χ0v) is 18.1. The number of fused-ring (bicyclic) bond motifs is 4. The van der Waals surface area contributed by atoms with Crippen LogP contribution in [0.5, 0.6) is 0 Å². The van der Waals surface area contributed by atoms with E-state index < -0.39 is 23.7 Å². The number of hydrogen-bond acceptors (Lipinski definition) is 5. The van der Waals surface area contributed by atoms with Gasteiger partial charge in [0, 0.05) is 23.8 Å². The molecule has 1 aliphatic rings. The number of carbonyl (C=O) groups is 2. The Morgan fingerprint density at radius 1 is 0.941 bits per heavy atom. The fourth-order valence-corrected chi connectivity index (χ4v) is 4.55. The molecular weight excluding hydrogens is 434 g/mol. The van der Waals surface area contributed by atoms with Crippen LogP contribution in [0, 0.1) is 0 Å². The Hall–Kier alpha value is -4.39. The summed E-state index contributed by atoms with van der Waals surface area (Å²) in [6, 6.07) is 22.7. The SMILES string of the molecule is O=C(N[C@@H](Cc1cc(=O)oc2ccccc12)C(=O)O)OCC1c2ccccc2-c2ccccc21. The van der Waals surface area contributed by atoms with Crippen molar-refractivity contribution in [1.82, 2.24) is 5.32 Å². The van der Waals surface area contributed by atoms with Gasteiger partial charge >= 0.3 is 17.7 Å². The third kappa shape index (κ3) is 4.03. The summed E-state index contributed by atoms with van der Waals surface area (Å²) < 4.78 is 10.6. The first-order valence-corrected chi connectivity index (χ1v) is 10.9. The van der Waals surface area contributed by atoms with Gasteiger partial charge in [0.05, 0.1) is 0 Å². The van der Waals surface area contributed by atoms with Crippen LogP contribution < -0.4 is 10.9 Å². The number of carboxylic acid groups (broad SMARTS) is 1. The van der Waals surface area contributed by atoms with Crippen molar-refractivity contribution in [3.8, 4) is 11.1 Å². The molecule has 1 atom stereocenters. The van der Waals surface area contributed by atoms with E-state index in [1.807, 2.05) is 48.5 Å². The Morgan fingerprint density at radius 2 is 1.56 bits per heavy atom. The maximum absolute atomic E-state index is 12.6. The molecular formula is C27H21NO6. The van der Waals surface area contributed by atoms with Crippen molar-refractivity contribution in [2.45, 2.75) is 18.4 Å². The number of hydrogen-bond donors (Lipinski definition) is 2. The molecule has 0 radical (unpaired) electrons. The lowest BCUT2D eigenvalue weighted by atomic mass is 9.98. The Morgan fingerprint density at radius 3 is 2.24 bits per heavy atom. The highest BCUT2D eigenvalue weighted by atomic mass is 16.5. The van der Waals surface area contributed by atoms with Gasteiger partial charge in [-0.25, -0.2) is 14.4 Å². The number of nitrogens with one attached hydrogen (secondary N) is 1. The second-order valence-electron chi connectivity index (χ2n) is 8.15. The van der Waals surface area contributed by atoms with E-state index >= 15 is 0 Å². The molecule has 0 bridgehead atoms. The number of rotatable bonds is 6. The van der Waals surface area contributed by atoms with Gasteiger partial charge in [-0.2, -0.15) is 0 Å². The highest BCUT2D eigenvalue weighted by Gasteiger charge is 2.30. The molecule has 0 aliphatic heterocycles. The first-order chi connectivity index (χ1) is 16.5. The smallest absolute Gasteiger partial charge is 0.407 e. The van der Waals surface area contributed by atoms with Crippen LogP contribution in [-0.4, -0.2) is 29.8 Å². The average molecular weight is 455 g/mol. The van der Waals surface area contributed by atoms with Crippen LogP contribution in [0.15, 0.2) is 88.1 Å². The molecule has 1 aliphatic carbocycles. The number of carbonyl (C=O) groups excluding carboxylic acids is 1. The zero-order valence-electron chi connectivity index (χ0n) is 18.1. The summed E-state index contributed by atoms with van der Waals surface area (Å²) in [5, 5.41) is 12.7. The van der Waals surface area contributed by atoms with E-state index in [1.165, 1.54) is 6.07 Å². The lowest BCUT2D eigenvalue weighted by Gasteiger charge is -2.18. The monoisotopic (exact) mass is 455 g/mol. The van der Waals surface area contributed by atoms with E-state index in [2.05, 4.69) is 5.32 Å². The first-order valence-electron chi connectivity index (χ1n) is 10.9. The molecule has 5 rings (SSSR count). The van der Waals surface area contributed by atoms with Gasteiger partial charge in [-0.1, -0.05) is 66.7 Å². The van der Waals surface area contributed by atoms with Crippen molar-refractivity contribution >= 4 is 23.0 Å². The maximum atomic E-state index is 12.6. The van der Waals surface area contributed by atoms with Crippen LogP contribution in [0.4, 0.5) is 4.79 Å². The summed E-state index contributed by atoms with van der Waals surface area (Å²) in [6.07, 6.45) is -0.924. The molecule has 0 spiro atoms. The molecule has 170 valence electrons. The molecule has 2 N–H and O–H groups in total. The van der Waals surface area contributed by atoms with Crippen molar-refractivity contribution in [3.63, 3.8) is 0 Å². The summed E-state index contributed by atoms with van der Waals surface area (Å²) in [7, 11) is 0. The first kappa shape index (κ1) is 21.5. The fraction of sp³-hybridized carbons (Fsp3) is 0.148. The zero-order chi connectivity index (χ0) is 23.7. The molecule has 1 aromatic heterocycles. The summed E-state index contributed by atoms with van der Waals surface area (Å²) in [5.41, 5.74) is 4.57. The predicted molar refractivity (Wildman–Crippen MR) is 126 cm³/mol. The molecule has 7 heteroatoms. The summed E-state index contributed by atoms with van der Waals surface area (Å²) in [4.78, 5) is 36.4. The summed E-state index contributed by atoms with van der Waals surface area (Å²) in [5.74, 6) is -1.37. The van der Waals surface area contributed by atoms with E-state index in [9.17, 15) is 19.5 Å². The van der Waals surface area contributed by atoms with Gasteiger partial charge in [-0.3, -0.25) is 0 Å². The normalized spacial score (nSPS) is 13.2. The average Bonchev–Trinajstić information content (AvgIpc) is 3.16. The Labute approximate surface area is 194 Å². The van der Waals surface area contributed by atoms with Gasteiger partial charge in [0.1, 0.15) is 18.2 Å². The molecule has 0 saturated carbocycles. The number of para-hydroxylation sites is 1. The largest absolute Gasteiger partial charge is 0.480 e. The minimum atomic E-state index is -1.28. The van der Waals surface area contributed by atoms with E-state index in [4.69, 9.17) is 9.15 Å². The van der Waals surface area contributed by atoms with Crippen molar-refractivity contribution in [1.29, 1.82) is 0 Å². The molecule has 1 heterocycles. The molecule has 1 amide bonds. The number of aliphatic carboxylic acids is 1. The van der Waals surface area contributed by atoms with Crippen LogP contribution in [0.25, 0.3) is 22.1 Å². The number of benzene rings is 3. The molecule has 0 fully saturated rings. The number of ether oxygens (including phenoxy) is 1. The van der Waals surface area contributed by atoms with Gasteiger partial charge < -0.3 is 19.6 Å². The number of carboxylic acids is 1. The molecule has 4 aromatic rings. The van der Waals surface area contributed by atoms with Gasteiger partial charge in [0.2, 0.25) is 0 Å². The third-order valence-corrected chi connectivity index (χ3v) is 6.09. The van der Waals surface area contributed by atoms with Crippen LogP contribution in [0.3, 0.4) is 0 Å². The number of amides is 1. The second-order valence-corrected chi connectivity index (χ2v) is 8.15. The van der Waals surface area contributed by atoms with Crippen molar-refractivity contribution in [3.05, 3.63) is 106 Å². The van der Waals surface area contributed by atoms with Gasteiger partial charge in [-0.05, 0) is 33.9 Å². The van der Waals surface area contributed by atoms with Crippen LogP contribution in [0.1, 0.15) is 22.6 Å². The minimum absolute atomic E-state index is 0.0735. The Kier molecular flexibility index (Phi) is 5.59. The van der Waals surface area contributed by atoms with Gasteiger partial charge in [-0.15, -0.1) is 0 Å². The molecule has 3 aromatic carbocycles. The van der Waals surface area contributed by atoms with Crippen LogP contribution in [0.2, 0.25) is 0 Å². The predicted octanol–water partition coefficient (Wildman–Crippen LogP) is 4.33. The van der Waals surface area contributed by atoms with Crippen molar-refractivity contribution < 1.29 is 23.8 Å². The molecule has 0 unspecified atom stereocenters. The lowest BCUT2D eigenvalue weighted by Crippen LogP contribution is -2.43. The third-order valence-electron chi connectivity index (χ3n) is 6.09. The van der Waals surface area contributed by atoms with Crippen molar-refractivity contribution in [2.75, 3.05) is 6.61 Å². The highest BCUT2D eigenvalue weighted by Crippen LogP contribution is 2.44. The maximum Gasteiger partial charge on any atom is 0.407 e. The topological polar surface area (TPSA) is 106 Å². The van der Waals surface area contributed by atoms with Crippen molar-refractivity contribution in [2.24, 2.45) is 0 Å². The van der Waals surface area contributed by atoms with Gasteiger partial charge in [0.25, 0.3) is 0 Å². The second kappa shape index (κ2) is 8.86. The summed E-state index contributed by atoms with van der Waals surface area (Å²) >= 11 is 0. The van der Waals surface area contributed by atoms with Gasteiger partial charge in [0.15, 0.2) is 0 Å². The van der Waals surface area contributed by atoms with Crippen LogP contribution >= 0.6 is 0 Å².